The first-order valence-corrected chi connectivity index (χ1v) is 6.91. The normalized spacial score (nSPS) is 10.5. The molecule has 0 fully saturated rings. The van der Waals surface area contributed by atoms with Crippen molar-refractivity contribution in [2.75, 3.05) is 5.32 Å². The number of nitro groups is 1. The molecule has 0 radical (unpaired) electrons. The largest absolute Gasteiger partial charge is 0.411 e. The molecule has 2 aromatic rings. The van der Waals surface area contributed by atoms with Crippen LogP contribution in [0.2, 0.25) is 0 Å². The quantitative estimate of drug-likeness (QED) is 0.381. The molecule has 2 N–H and O–H groups in total. The Hall–Kier alpha value is -2.87. The number of hydrogen-bond acceptors (Lipinski definition) is 6. The van der Waals surface area contributed by atoms with E-state index in [9.17, 15) is 14.9 Å². The number of nitro benzene ring substituents is 1. The van der Waals surface area contributed by atoms with Crippen LogP contribution in [-0.2, 0) is 4.79 Å². The second-order valence-corrected chi connectivity index (χ2v) is 5.26. The maximum atomic E-state index is 11.2. The summed E-state index contributed by atoms with van der Waals surface area (Å²) >= 11 is 1.44. The van der Waals surface area contributed by atoms with Crippen LogP contribution < -0.4 is 5.32 Å². The summed E-state index contributed by atoms with van der Waals surface area (Å²) in [5.41, 5.74) is 0.617. The highest BCUT2D eigenvalue weighted by Gasteiger charge is 2.05. The molecule has 8 heteroatoms. The highest BCUT2D eigenvalue weighted by atomic mass is 32.2. The van der Waals surface area contributed by atoms with Crippen LogP contribution in [0.3, 0.4) is 0 Å². The van der Waals surface area contributed by atoms with E-state index in [4.69, 9.17) is 5.21 Å². The van der Waals surface area contributed by atoms with Crippen LogP contribution in [0.4, 0.5) is 11.4 Å². The van der Waals surface area contributed by atoms with Crippen LogP contribution in [-0.4, -0.2) is 22.3 Å². The average Bonchev–Trinajstić information content (AvgIpc) is 2.50. The molecule has 0 heterocycles. The molecule has 0 bridgehead atoms. The first-order chi connectivity index (χ1) is 10.6. The number of oxime groups is 1. The molecule has 22 heavy (non-hydrogen) atoms. The zero-order valence-electron chi connectivity index (χ0n) is 11.2. The van der Waals surface area contributed by atoms with Gasteiger partial charge in [0.1, 0.15) is 6.21 Å². The van der Waals surface area contributed by atoms with Crippen molar-refractivity contribution in [2.45, 2.75) is 9.79 Å². The molecule has 0 spiro atoms. The molecule has 7 nitrogen and oxygen atoms in total. The molecule has 1 amide bonds. The number of amides is 1. The van der Waals surface area contributed by atoms with E-state index < -0.39 is 10.8 Å². The second kappa shape index (κ2) is 7.23. The molecule has 0 aliphatic carbocycles. The zero-order chi connectivity index (χ0) is 15.9. The van der Waals surface area contributed by atoms with Gasteiger partial charge in [0.2, 0.25) is 0 Å². The minimum atomic E-state index is -0.529. The Bertz CT molecular complexity index is 699. The van der Waals surface area contributed by atoms with E-state index in [1.165, 1.54) is 23.9 Å². The molecule has 0 unspecified atom stereocenters. The summed E-state index contributed by atoms with van der Waals surface area (Å²) in [5.74, 6) is -0.529. The van der Waals surface area contributed by atoms with Crippen molar-refractivity contribution in [1.29, 1.82) is 0 Å². The molecule has 2 rings (SSSR count). The number of nitrogens with one attached hydrogen (secondary N) is 1. The van der Waals surface area contributed by atoms with E-state index in [1.54, 1.807) is 36.4 Å². The maximum absolute atomic E-state index is 11.2. The highest BCUT2D eigenvalue weighted by molar-refractivity contribution is 7.99. The van der Waals surface area contributed by atoms with Crippen molar-refractivity contribution < 1.29 is 14.9 Å². The van der Waals surface area contributed by atoms with Crippen molar-refractivity contribution >= 4 is 35.3 Å². The van der Waals surface area contributed by atoms with Gasteiger partial charge in [0, 0.05) is 27.6 Å². The van der Waals surface area contributed by atoms with Crippen molar-refractivity contribution in [3.05, 3.63) is 58.6 Å². The number of carbonyl (C=O) groups excluding carboxylic acids is 1. The van der Waals surface area contributed by atoms with Gasteiger partial charge in [-0.2, -0.15) is 0 Å². The Labute approximate surface area is 129 Å². The van der Waals surface area contributed by atoms with E-state index in [1.807, 2.05) is 0 Å². The van der Waals surface area contributed by atoms with Crippen LogP contribution >= 0.6 is 11.8 Å². The fourth-order valence-corrected chi connectivity index (χ4v) is 2.42. The van der Waals surface area contributed by atoms with Gasteiger partial charge in [0.15, 0.2) is 0 Å². The van der Waals surface area contributed by atoms with Gasteiger partial charge >= 0.3 is 0 Å². The van der Waals surface area contributed by atoms with E-state index in [-0.39, 0.29) is 5.69 Å². The summed E-state index contributed by atoms with van der Waals surface area (Å²) in [7, 11) is 0. The summed E-state index contributed by atoms with van der Waals surface area (Å²) in [6.07, 6.45) is 0.763. The zero-order valence-corrected chi connectivity index (χ0v) is 12.0. The van der Waals surface area contributed by atoms with Gasteiger partial charge in [-0.3, -0.25) is 14.9 Å². The van der Waals surface area contributed by atoms with Crippen molar-refractivity contribution in [1.82, 2.24) is 0 Å². The summed E-state index contributed by atoms with van der Waals surface area (Å²) in [5, 5.41) is 24.0. The van der Waals surface area contributed by atoms with Crippen LogP contribution in [0, 0.1) is 10.1 Å². The van der Waals surface area contributed by atoms with Crippen molar-refractivity contribution in [3.8, 4) is 0 Å². The molecule has 0 saturated heterocycles. The van der Waals surface area contributed by atoms with Gasteiger partial charge in [0.25, 0.3) is 11.6 Å². The van der Waals surface area contributed by atoms with E-state index in [0.717, 1.165) is 16.0 Å². The average molecular weight is 317 g/mol. The third kappa shape index (κ3) is 4.32. The standard InChI is InChI=1S/C14H11N3O4S/c18-14(9-15-19)16-10-1-5-12(6-2-10)22-13-7-3-11(4-8-13)17(20)21/h1-9,19H,(H,16,18). The smallest absolute Gasteiger partial charge is 0.270 e. The van der Waals surface area contributed by atoms with Gasteiger partial charge in [-0.05, 0) is 36.4 Å². The number of benzene rings is 2. The third-order valence-electron chi connectivity index (χ3n) is 2.58. The van der Waals surface area contributed by atoms with Gasteiger partial charge in [-0.25, -0.2) is 0 Å². The minimum absolute atomic E-state index is 0.0490. The highest BCUT2D eigenvalue weighted by Crippen LogP contribution is 2.29. The van der Waals surface area contributed by atoms with Crippen molar-refractivity contribution in [2.24, 2.45) is 5.16 Å². The predicted octanol–water partition coefficient (Wildman–Crippen LogP) is 3.14. The lowest BCUT2D eigenvalue weighted by Crippen LogP contribution is -2.12. The van der Waals surface area contributed by atoms with Crippen LogP contribution in [0.25, 0.3) is 0 Å². The van der Waals surface area contributed by atoms with Gasteiger partial charge in [0.05, 0.1) is 4.92 Å². The number of hydrogen-bond donors (Lipinski definition) is 2. The van der Waals surface area contributed by atoms with Gasteiger partial charge in [-0.15, -0.1) is 0 Å². The molecule has 112 valence electrons. The lowest BCUT2D eigenvalue weighted by molar-refractivity contribution is -0.384. The third-order valence-corrected chi connectivity index (χ3v) is 3.60. The molecule has 0 aromatic heterocycles. The Morgan fingerprint density at radius 2 is 1.68 bits per heavy atom. The van der Waals surface area contributed by atoms with E-state index >= 15 is 0 Å². The number of non-ortho nitro benzene ring substituents is 1. The summed E-state index contributed by atoms with van der Waals surface area (Å²) < 4.78 is 0. The summed E-state index contributed by atoms with van der Waals surface area (Å²) in [6, 6.07) is 13.3. The monoisotopic (exact) mass is 317 g/mol. The Balaban J connectivity index is 2.01. The number of nitrogens with zero attached hydrogens (tertiary/aromatic N) is 2. The second-order valence-electron chi connectivity index (χ2n) is 4.11. The number of rotatable bonds is 5. The Kier molecular flexibility index (Phi) is 5.10. The van der Waals surface area contributed by atoms with Gasteiger partial charge in [-0.1, -0.05) is 16.9 Å². The molecule has 0 atom stereocenters. The Morgan fingerprint density at radius 3 is 2.18 bits per heavy atom. The van der Waals surface area contributed by atoms with Gasteiger partial charge < -0.3 is 10.5 Å². The van der Waals surface area contributed by atoms with Crippen molar-refractivity contribution in [3.63, 3.8) is 0 Å². The first-order valence-electron chi connectivity index (χ1n) is 6.09. The first kappa shape index (κ1) is 15.5. The van der Waals surface area contributed by atoms with Crippen LogP contribution in [0.15, 0.2) is 63.5 Å². The topological polar surface area (TPSA) is 105 Å². The fraction of sp³-hybridized carbons (Fsp3) is 0. The van der Waals surface area contributed by atoms with E-state index in [0.29, 0.717) is 5.69 Å². The number of carbonyl (C=O) groups is 1. The minimum Gasteiger partial charge on any atom is -0.411 e. The molecule has 0 aliphatic rings. The Morgan fingerprint density at radius 1 is 1.14 bits per heavy atom. The van der Waals surface area contributed by atoms with Crippen LogP contribution in [0.5, 0.6) is 0 Å². The fourth-order valence-electron chi connectivity index (χ4n) is 1.61. The SMILES string of the molecule is O=C(C=NO)Nc1ccc(Sc2ccc([N+](=O)[O-])cc2)cc1. The summed E-state index contributed by atoms with van der Waals surface area (Å²) in [4.78, 5) is 23.1. The van der Waals surface area contributed by atoms with Crippen LogP contribution in [0.1, 0.15) is 0 Å². The predicted molar refractivity (Wildman–Crippen MR) is 82.6 cm³/mol. The number of anilines is 1. The molecule has 0 aliphatic heterocycles. The molecular formula is C14H11N3O4S. The van der Waals surface area contributed by atoms with E-state index in [2.05, 4.69) is 10.5 Å². The lowest BCUT2D eigenvalue weighted by atomic mass is 10.3. The maximum Gasteiger partial charge on any atom is 0.270 e. The molecule has 2 aromatic carbocycles. The molecular weight excluding hydrogens is 306 g/mol. The lowest BCUT2D eigenvalue weighted by Gasteiger charge is -2.04. The molecule has 0 saturated carbocycles. The summed E-state index contributed by atoms with van der Waals surface area (Å²) in [6.45, 7) is 0.